The minimum atomic E-state index is 0.654. The average molecular weight is 256 g/mol. The maximum absolute atomic E-state index is 6.13. The zero-order valence-electron chi connectivity index (χ0n) is 9.55. The van der Waals surface area contributed by atoms with Crippen molar-refractivity contribution in [3.8, 4) is 11.1 Å². The van der Waals surface area contributed by atoms with E-state index in [1.165, 1.54) is 0 Å². The standard InChI is InChI=1S/C13H12N4S/c14-12-8(3-1-5-10(12)17-15)9-4-2-6-11-13(9)18-7-16-11/h1-7,17H,14-15H2. The highest BCUT2D eigenvalue weighted by atomic mass is 32.1. The first-order valence-electron chi connectivity index (χ1n) is 5.49. The highest BCUT2D eigenvalue weighted by molar-refractivity contribution is 7.17. The third kappa shape index (κ3) is 1.61. The number of anilines is 2. The number of nitrogen functional groups attached to an aromatic ring is 2. The van der Waals surface area contributed by atoms with E-state index in [0.717, 1.165) is 27.0 Å². The summed E-state index contributed by atoms with van der Waals surface area (Å²) in [6.07, 6.45) is 0. The van der Waals surface area contributed by atoms with Crippen LogP contribution in [0.5, 0.6) is 0 Å². The molecule has 3 aromatic rings. The van der Waals surface area contributed by atoms with Crippen molar-refractivity contribution in [3.63, 3.8) is 0 Å². The summed E-state index contributed by atoms with van der Waals surface area (Å²) < 4.78 is 1.14. The molecule has 0 atom stereocenters. The van der Waals surface area contributed by atoms with Crippen LogP contribution in [0, 0.1) is 0 Å². The topological polar surface area (TPSA) is 77.0 Å². The summed E-state index contributed by atoms with van der Waals surface area (Å²) in [7, 11) is 0. The number of hydrazine groups is 1. The van der Waals surface area contributed by atoms with Gasteiger partial charge >= 0.3 is 0 Å². The first-order chi connectivity index (χ1) is 8.81. The number of fused-ring (bicyclic) bond motifs is 1. The number of benzene rings is 2. The summed E-state index contributed by atoms with van der Waals surface area (Å²) >= 11 is 1.61. The van der Waals surface area contributed by atoms with Crippen molar-refractivity contribution in [1.29, 1.82) is 0 Å². The summed E-state index contributed by atoms with van der Waals surface area (Å²) in [5.41, 5.74) is 15.0. The molecular weight excluding hydrogens is 244 g/mol. The highest BCUT2D eigenvalue weighted by Gasteiger charge is 2.10. The van der Waals surface area contributed by atoms with Gasteiger partial charge in [-0.05, 0) is 12.1 Å². The summed E-state index contributed by atoms with van der Waals surface area (Å²) in [6.45, 7) is 0. The Hall–Kier alpha value is -2.11. The maximum Gasteiger partial charge on any atom is 0.0818 e. The molecule has 1 heterocycles. The molecule has 0 unspecified atom stereocenters. The van der Waals surface area contributed by atoms with Crippen LogP contribution in [-0.2, 0) is 0 Å². The highest BCUT2D eigenvalue weighted by Crippen LogP contribution is 2.36. The second kappa shape index (κ2) is 4.29. The lowest BCUT2D eigenvalue weighted by Crippen LogP contribution is -2.09. The van der Waals surface area contributed by atoms with E-state index in [1.807, 2.05) is 41.9 Å². The number of nitrogens with zero attached hydrogens (tertiary/aromatic N) is 1. The number of hydrogen-bond donors (Lipinski definition) is 3. The van der Waals surface area contributed by atoms with Crippen LogP contribution in [0.1, 0.15) is 0 Å². The van der Waals surface area contributed by atoms with Crippen molar-refractivity contribution in [1.82, 2.24) is 4.98 Å². The quantitative estimate of drug-likeness (QED) is 0.374. The molecule has 0 aliphatic heterocycles. The summed E-state index contributed by atoms with van der Waals surface area (Å²) in [5, 5.41) is 0. The molecule has 0 aliphatic rings. The van der Waals surface area contributed by atoms with Crippen molar-refractivity contribution >= 4 is 32.9 Å². The first kappa shape index (κ1) is 11.0. The van der Waals surface area contributed by atoms with E-state index < -0.39 is 0 Å². The van der Waals surface area contributed by atoms with Crippen LogP contribution in [0.25, 0.3) is 21.3 Å². The molecule has 0 fully saturated rings. The van der Waals surface area contributed by atoms with E-state index in [4.69, 9.17) is 11.6 Å². The number of rotatable bonds is 2. The number of thiazole rings is 1. The van der Waals surface area contributed by atoms with Gasteiger partial charge in [0.25, 0.3) is 0 Å². The van der Waals surface area contributed by atoms with Crippen LogP contribution >= 0.6 is 11.3 Å². The third-order valence-electron chi connectivity index (χ3n) is 2.91. The SMILES string of the molecule is NNc1cccc(-c2cccc3ncsc23)c1N. The van der Waals surface area contributed by atoms with Gasteiger partial charge < -0.3 is 11.2 Å². The molecular formula is C13H12N4S. The monoisotopic (exact) mass is 256 g/mol. The van der Waals surface area contributed by atoms with E-state index in [0.29, 0.717) is 5.69 Å². The lowest BCUT2D eigenvalue weighted by atomic mass is 10.0. The van der Waals surface area contributed by atoms with Crippen molar-refractivity contribution in [2.45, 2.75) is 0 Å². The Kier molecular flexibility index (Phi) is 2.62. The van der Waals surface area contributed by atoms with Gasteiger partial charge in [-0.3, -0.25) is 5.84 Å². The molecule has 18 heavy (non-hydrogen) atoms. The van der Waals surface area contributed by atoms with E-state index in [1.54, 1.807) is 11.3 Å². The largest absolute Gasteiger partial charge is 0.397 e. The second-order valence-corrected chi connectivity index (χ2v) is 4.77. The van der Waals surface area contributed by atoms with E-state index in [-0.39, 0.29) is 0 Å². The molecule has 3 rings (SSSR count). The van der Waals surface area contributed by atoms with Crippen LogP contribution in [0.15, 0.2) is 41.9 Å². The van der Waals surface area contributed by atoms with E-state index in [2.05, 4.69) is 10.4 Å². The molecule has 0 amide bonds. The molecule has 90 valence electrons. The number of para-hydroxylation sites is 1. The number of aromatic nitrogens is 1. The zero-order chi connectivity index (χ0) is 12.5. The number of nitrogens with two attached hydrogens (primary N) is 2. The summed E-state index contributed by atoms with van der Waals surface area (Å²) in [6, 6.07) is 11.8. The Morgan fingerprint density at radius 3 is 2.67 bits per heavy atom. The molecule has 0 saturated heterocycles. The first-order valence-corrected chi connectivity index (χ1v) is 6.37. The van der Waals surface area contributed by atoms with Crippen molar-refractivity contribution in [2.75, 3.05) is 11.2 Å². The van der Waals surface area contributed by atoms with Gasteiger partial charge in [-0.15, -0.1) is 11.3 Å². The van der Waals surface area contributed by atoms with Gasteiger partial charge in [-0.2, -0.15) is 0 Å². The Balaban J connectivity index is 2.29. The zero-order valence-corrected chi connectivity index (χ0v) is 10.4. The fraction of sp³-hybridized carbons (Fsp3) is 0. The molecule has 5 N–H and O–H groups in total. The third-order valence-corrected chi connectivity index (χ3v) is 3.78. The molecule has 5 heteroatoms. The average Bonchev–Trinajstić information content (AvgIpc) is 2.87. The molecule has 1 aromatic heterocycles. The number of hydrogen-bond acceptors (Lipinski definition) is 5. The van der Waals surface area contributed by atoms with Crippen LogP contribution in [0.4, 0.5) is 11.4 Å². The Bertz CT molecular complexity index is 705. The maximum atomic E-state index is 6.13. The predicted octanol–water partition coefficient (Wildman–Crippen LogP) is 2.83. The van der Waals surface area contributed by atoms with Gasteiger partial charge in [0.05, 0.1) is 27.1 Å². The van der Waals surface area contributed by atoms with Crippen LogP contribution in [0.3, 0.4) is 0 Å². The van der Waals surface area contributed by atoms with Crippen LogP contribution < -0.4 is 17.0 Å². The van der Waals surface area contributed by atoms with Gasteiger partial charge in [-0.1, -0.05) is 24.3 Å². The van der Waals surface area contributed by atoms with Gasteiger partial charge in [0.1, 0.15) is 0 Å². The predicted molar refractivity (Wildman–Crippen MR) is 77.3 cm³/mol. The Morgan fingerprint density at radius 1 is 1.06 bits per heavy atom. The second-order valence-electron chi connectivity index (χ2n) is 3.92. The van der Waals surface area contributed by atoms with E-state index in [9.17, 15) is 0 Å². The van der Waals surface area contributed by atoms with Gasteiger partial charge in [0.15, 0.2) is 0 Å². The minimum absolute atomic E-state index is 0.654. The molecule has 4 nitrogen and oxygen atoms in total. The fourth-order valence-corrected chi connectivity index (χ4v) is 2.84. The lowest BCUT2D eigenvalue weighted by Gasteiger charge is -2.11. The van der Waals surface area contributed by atoms with Gasteiger partial charge in [0, 0.05) is 11.1 Å². The smallest absolute Gasteiger partial charge is 0.0818 e. The molecule has 0 bridgehead atoms. The Morgan fingerprint density at radius 2 is 1.83 bits per heavy atom. The van der Waals surface area contributed by atoms with Crippen LogP contribution in [0.2, 0.25) is 0 Å². The minimum Gasteiger partial charge on any atom is -0.397 e. The molecule has 0 aliphatic carbocycles. The summed E-state index contributed by atoms with van der Waals surface area (Å²) in [4.78, 5) is 4.31. The fourth-order valence-electron chi connectivity index (χ4n) is 2.02. The number of nitrogens with one attached hydrogen (secondary N) is 1. The molecule has 0 spiro atoms. The van der Waals surface area contributed by atoms with E-state index >= 15 is 0 Å². The van der Waals surface area contributed by atoms with Crippen molar-refractivity contribution in [2.24, 2.45) is 5.84 Å². The Labute approximate surface area is 108 Å². The van der Waals surface area contributed by atoms with Gasteiger partial charge in [-0.25, -0.2) is 4.98 Å². The van der Waals surface area contributed by atoms with Crippen LogP contribution in [-0.4, -0.2) is 4.98 Å². The summed E-state index contributed by atoms with van der Waals surface area (Å²) in [5.74, 6) is 5.45. The molecule has 0 saturated carbocycles. The van der Waals surface area contributed by atoms with Crippen molar-refractivity contribution < 1.29 is 0 Å². The van der Waals surface area contributed by atoms with Crippen molar-refractivity contribution in [3.05, 3.63) is 41.9 Å². The molecule has 0 radical (unpaired) electrons. The normalized spacial score (nSPS) is 10.7. The lowest BCUT2D eigenvalue weighted by molar-refractivity contribution is 1.35. The van der Waals surface area contributed by atoms with Gasteiger partial charge in [0.2, 0.25) is 0 Å². The molecule has 2 aromatic carbocycles.